The quantitative estimate of drug-likeness (QED) is 0.106. The predicted molar refractivity (Wildman–Crippen MR) is 228 cm³/mol. The van der Waals surface area contributed by atoms with Crippen LogP contribution in [0.4, 0.5) is 0 Å². The highest BCUT2D eigenvalue weighted by Gasteiger charge is 2.56. The number of benzene rings is 4. The average molecular weight is 769 g/mol. The summed E-state index contributed by atoms with van der Waals surface area (Å²) in [6, 6.07) is 39.5. The van der Waals surface area contributed by atoms with Crippen LogP contribution in [-0.2, 0) is 42.1 Å². The summed E-state index contributed by atoms with van der Waals surface area (Å²) in [6.45, 7) is 18.0. The van der Waals surface area contributed by atoms with Crippen LogP contribution in [0.1, 0.15) is 70.2 Å². The number of rotatable bonds is 16. The van der Waals surface area contributed by atoms with Crippen molar-refractivity contribution in [2.75, 3.05) is 0 Å². The van der Waals surface area contributed by atoms with Crippen molar-refractivity contribution in [2.45, 2.75) is 129 Å². The first-order valence-corrected chi connectivity index (χ1v) is 29.8. The first-order valence-electron chi connectivity index (χ1n) is 19.7. The Labute approximate surface area is 320 Å². The fraction of sp³-hybridized carbons (Fsp3) is 0.455. The smallest absolute Gasteiger partial charge is 0.317 e. The lowest BCUT2D eigenvalue weighted by Gasteiger charge is -2.50. The first-order chi connectivity index (χ1) is 24.7. The molecule has 0 unspecified atom stereocenters. The van der Waals surface area contributed by atoms with Crippen molar-refractivity contribution < 1.29 is 16.5 Å². The summed E-state index contributed by atoms with van der Waals surface area (Å²) >= 11 is 0. The van der Waals surface area contributed by atoms with E-state index in [-0.39, 0.29) is 0 Å². The summed E-state index contributed by atoms with van der Waals surface area (Å²) < 4.78 is 30.3. The number of hydrogen-bond acceptors (Lipinski definition) is 4. The maximum absolute atomic E-state index is 7.56. The largest absolute Gasteiger partial charge is 0.416 e. The van der Waals surface area contributed by atoms with Crippen LogP contribution in [0.15, 0.2) is 97.1 Å². The summed E-state index contributed by atoms with van der Waals surface area (Å²) in [5.41, 5.74) is 10.8. The lowest BCUT2D eigenvalue weighted by atomic mass is 10.1. The molecular weight excluding hydrogens is 705 g/mol. The van der Waals surface area contributed by atoms with Crippen LogP contribution in [0.5, 0.6) is 0 Å². The molecule has 5 rings (SSSR count). The zero-order chi connectivity index (χ0) is 37.2. The Kier molecular flexibility index (Phi) is 14.3. The number of aryl methyl sites for hydroxylation is 8. The molecule has 0 amide bonds. The molecule has 1 heterocycles. The van der Waals surface area contributed by atoms with Crippen LogP contribution in [0.3, 0.4) is 0 Å². The SMILES string of the molecule is Cc1cccc(CCC[Si]2(C)O[Si](C)(CCCc3cccc(C)c3)O[Si](C)(CCCc3cccc(C)c3)O[Si](C)(CCCc3cccc(C)c3)O2)c1. The van der Waals surface area contributed by atoms with E-state index < -0.39 is 34.2 Å². The minimum Gasteiger partial charge on any atom is -0.416 e. The Balaban J connectivity index is 1.39. The van der Waals surface area contributed by atoms with Gasteiger partial charge in [0, 0.05) is 0 Å². The maximum Gasteiger partial charge on any atom is 0.317 e. The van der Waals surface area contributed by atoms with Crippen molar-refractivity contribution in [3.05, 3.63) is 142 Å². The standard InChI is InChI=1S/C44H64O4Si4/c1-37-17-9-21-41(33-37)25-13-29-49(5)45-50(6,30-14-26-42-22-10-18-38(2)34-42)47-52(8,32-16-28-44-24-12-20-40(4)36-44)48-51(7,46-49)31-15-27-43-23-11-19-39(3)35-43/h9-12,17-24,33-36H,13-16,25-32H2,1-8H3. The molecule has 8 heteroatoms. The van der Waals surface area contributed by atoms with E-state index in [0.29, 0.717) is 0 Å². The molecule has 0 atom stereocenters. The first kappa shape index (κ1) is 40.8. The second-order valence-electron chi connectivity index (χ2n) is 16.3. The van der Waals surface area contributed by atoms with Gasteiger partial charge in [0.1, 0.15) is 0 Å². The Bertz CT molecular complexity index is 1480. The van der Waals surface area contributed by atoms with E-state index >= 15 is 0 Å². The van der Waals surface area contributed by atoms with Crippen LogP contribution in [0, 0.1) is 27.7 Å². The van der Waals surface area contributed by atoms with Gasteiger partial charge in [0.05, 0.1) is 0 Å². The molecule has 1 aliphatic heterocycles. The van der Waals surface area contributed by atoms with Gasteiger partial charge in [-0.15, -0.1) is 0 Å². The highest BCUT2D eigenvalue weighted by molar-refractivity contribution is 6.93. The third-order valence-electron chi connectivity index (χ3n) is 10.4. The minimum atomic E-state index is -2.69. The van der Waals surface area contributed by atoms with Gasteiger partial charge in [0.25, 0.3) is 0 Å². The van der Waals surface area contributed by atoms with Gasteiger partial charge in [-0.3, -0.25) is 0 Å². The summed E-state index contributed by atoms with van der Waals surface area (Å²) in [4.78, 5) is 0. The molecule has 0 spiro atoms. The molecule has 4 aromatic carbocycles. The van der Waals surface area contributed by atoms with Gasteiger partial charge >= 0.3 is 34.2 Å². The molecule has 0 bridgehead atoms. The van der Waals surface area contributed by atoms with Crippen molar-refractivity contribution in [3.63, 3.8) is 0 Å². The van der Waals surface area contributed by atoms with Crippen molar-refractivity contribution in [1.82, 2.24) is 0 Å². The highest BCUT2D eigenvalue weighted by atomic mass is 28.5. The third-order valence-corrected chi connectivity index (χ3v) is 29.3. The van der Waals surface area contributed by atoms with E-state index in [1.165, 1.54) is 44.5 Å². The summed E-state index contributed by atoms with van der Waals surface area (Å²) in [7, 11) is -10.8. The van der Waals surface area contributed by atoms with Crippen LogP contribution < -0.4 is 0 Å². The van der Waals surface area contributed by atoms with Gasteiger partial charge < -0.3 is 16.5 Å². The molecule has 1 fully saturated rings. The third kappa shape index (κ3) is 12.9. The zero-order valence-electron chi connectivity index (χ0n) is 33.4. The van der Waals surface area contributed by atoms with Gasteiger partial charge in [0.2, 0.25) is 0 Å². The summed E-state index contributed by atoms with van der Waals surface area (Å²) in [6.07, 6.45) is 8.28. The van der Waals surface area contributed by atoms with Crippen molar-refractivity contribution >= 4 is 34.2 Å². The predicted octanol–water partition coefficient (Wildman–Crippen LogP) is 12.1. The van der Waals surface area contributed by atoms with Gasteiger partial charge in [-0.25, -0.2) is 0 Å². The molecule has 0 aromatic heterocycles. The van der Waals surface area contributed by atoms with E-state index in [0.717, 1.165) is 75.5 Å². The second kappa shape index (κ2) is 18.3. The average Bonchev–Trinajstić information content (AvgIpc) is 3.04. The molecule has 1 aliphatic rings. The van der Waals surface area contributed by atoms with Crippen molar-refractivity contribution in [3.8, 4) is 0 Å². The van der Waals surface area contributed by atoms with Crippen LogP contribution in [-0.4, -0.2) is 34.2 Å². The van der Waals surface area contributed by atoms with E-state index in [1.807, 2.05) is 0 Å². The van der Waals surface area contributed by atoms with Gasteiger partial charge in [-0.1, -0.05) is 119 Å². The Morgan fingerprint density at radius 2 is 0.558 bits per heavy atom. The summed E-state index contributed by atoms with van der Waals surface area (Å²) in [5, 5.41) is 0. The van der Waals surface area contributed by atoms with Gasteiger partial charge in [-0.2, -0.15) is 0 Å². The minimum absolute atomic E-state index is 0.945. The molecule has 52 heavy (non-hydrogen) atoms. The zero-order valence-corrected chi connectivity index (χ0v) is 37.4. The molecular formula is C44H64O4Si4. The fourth-order valence-corrected chi connectivity index (χ4v) is 31.6. The van der Waals surface area contributed by atoms with E-state index in [9.17, 15) is 0 Å². The van der Waals surface area contributed by atoms with E-state index in [1.54, 1.807) is 0 Å². The fourth-order valence-electron chi connectivity index (χ4n) is 8.24. The monoisotopic (exact) mass is 768 g/mol. The Hall–Kier alpha value is -2.41. The van der Waals surface area contributed by atoms with E-state index in [4.69, 9.17) is 16.5 Å². The topological polar surface area (TPSA) is 36.9 Å². The molecule has 0 radical (unpaired) electrons. The highest BCUT2D eigenvalue weighted by Crippen LogP contribution is 2.39. The van der Waals surface area contributed by atoms with Gasteiger partial charge in [0.15, 0.2) is 0 Å². The lowest BCUT2D eigenvalue weighted by Crippen LogP contribution is -2.67. The lowest BCUT2D eigenvalue weighted by molar-refractivity contribution is 0.220. The maximum atomic E-state index is 7.56. The molecule has 4 aromatic rings. The van der Waals surface area contributed by atoms with Crippen molar-refractivity contribution in [2.24, 2.45) is 0 Å². The molecule has 0 aliphatic carbocycles. The molecule has 4 nitrogen and oxygen atoms in total. The number of hydrogen-bond donors (Lipinski definition) is 0. The van der Waals surface area contributed by atoms with Crippen LogP contribution in [0.25, 0.3) is 0 Å². The van der Waals surface area contributed by atoms with Gasteiger partial charge in [-0.05, 0) is 152 Å². The van der Waals surface area contributed by atoms with Crippen LogP contribution >= 0.6 is 0 Å². The normalized spacial score (nSPS) is 25.1. The molecule has 280 valence electrons. The molecule has 0 saturated carbocycles. The van der Waals surface area contributed by atoms with E-state index in [2.05, 4.69) is 151 Å². The Morgan fingerprint density at radius 3 is 0.750 bits per heavy atom. The second-order valence-corrected chi connectivity index (χ2v) is 30.7. The Morgan fingerprint density at radius 1 is 0.346 bits per heavy atom. The molecule has 0 N–H and O–H groups in total. The summed E-state index contributed by atoms with van der Waals surface area (Å²) in [5.74, 6) is 0. The van der Waals surface area contributed by atoms with Crippen molar-refractivity contribution in [1.29, 1.82) is 0 Å². The van der Waals surface area contributed by atoms with Crippen LogP contribution in [0.2, 0.25) is 50.4 Å². The molecule has 1 saturated heterocycles.